The van der Waals surface area contributed by atoms with Crippen LogP contribution in [-0.2, 0) is 26.6 Å². The molecule has 0 saturated carbocycles. The molecule has 2 amide bonds. The molecule has 0 aromatic heterocycles. The first-order valence-electron chi connectivity index (χ1n) is 8.99. The molecule has 2 N–H and O–H groups in total. The maximum atomic E-state index is 13.3. The van der Waals surface area contributed by atoms with E-state index in [4.69, 9.17) is 5.26 Å². The zero-order valence-electron chi connectivity index (χ0n) is 16.3. The van der Waals surface area contributed by atoms with Crippen LogP contribution in [-0.4, -0.2) is 38.6 Å². The number of nitrogens with one attached hydrogen (secondary N) is 2. The Morgan fingerprint density at radius 3 is 2.34 bits per heavy atom. The van der Waals surface area contributed by atoms with Gasteiger partial charge in [-0.1, -0.05) is 24.3 Å². The summed E-state index contributed by atoms with van der Waals surface area (Å²) in [7, 11) is -4.41. The van der Waals surface area contributed by atoms with E-state index in [1.54, 1.807) is 12.1 Å². The number of hydrogen-bond acceptors (Lipinski definition) is 5. The maximum absolute atomic E-state index is 13.3. The first kappa shape index (κ1) is 24.8. The van der Waals surface area contributed by atoms with Crippen LogP contribution >= 0.6 is 0 Å². The molecule has 0 aliphatic heterocycles. The normalized spacial score (nSPS) is 12.5. The van der Waals surface area contributed by atoms with E-state index < -0.39 is 68.9 Å². The minimum atomic E-state index is -5.00. The number of hydrogen-bond donors (Lipinski definition) is 2. The van der Waals surface area contributed by atoms with E-state index in [1.165, 1.54) is 24.3 Å². The van der Waals surface area contributed by atoms with Crippen LogP contribution in [0.2, 0.25) is 0 Å². The summed E-state index contributed by atoms with van der Waals surface area (Å²) in [4.78, 5) is 24.7. The number of carbonyl (C=O) groups is 2. The Balaban J connectivity index is 2.29. The van der Waals surface area contributed by atoms with E-state index in [0.717, 1.165) is 0 Å². The summed E-state index contributed by atoms with van der Waals surface area (Å²) < 4.78 is 78.0. The van der Waals surface area contributed by atoms with Crippen LogP contribution in [0.4, 0.5) is 17.6 Å². The van der Waals surface area contributed by atoms with Crippen LogP contribution in [0, 0.1) is 17.1 Å². The largest absolute Gasteiger partial charge is 0.416 e. The molecule has 0 spiro atoms. The second-order valence-corrected chi connectivity index (χ2v) is 8.73. The summed E-state index contributed by atoms with van der Waals surface area (Å²) >= 11 is 0. The summed E-state index contributed by atoms with van der Waals surface area (Å²) in [6.45, 7) is -0.479. The summed E-state index contributed by atoms with van der Waals surface area (Å²) in [5, 5.41) is 12.9. The molecule has 0 aliphatic carbocycles. The number of amides is 2. The van der Waals surface area contributed by atoms with Crippen molar-refractivity contribution in [3.8, 4) is 6.07 Å². The molecule has 12 heteroatoms. The lowest BCUT2D eigenvalue weighted by Crippen LogP contribution is -2.50. The van der Waals surface area contributed by atoms with Crippen LogP contribution in [0.25, 0.3) is 0 Å². The highest BCUT2D eigenvalue weighted by Gasteiger charge is 2.36. The molecule has 32 heavy (non-hydrogen) atoms. The van der Waals surface area contributed by atoms with Gasteiger partial charge in [-0.05, 0) is 29.8 Å². The highest BCUT2D eigenvalue weighted by Crippen LogP contribution is 2.33. The molecule has 0 fully saturated rings. The highest BCUT2D eigenvalue weighted by atomic mass is 32.2. The maximum Gasteiger partial charge on any atom is 0.416 e. The summed E-state index contributed by atoms with van der Waals surface area (Å²) in [6, 6.07) is 8.99. The van der Waals surface area contributed by atoms with E-state index in [0.29, 0.717) is 12.1 Å². The number of carbonyl (C=O) groups excluding carboxylic acids is 2. The molecule has 170 valence electrons. The molecule has 0 unspecified atom stereocenters. The third-order valence-electron chi connectivity index (χ3n) is 4.17. The van der Waals surface area contributed by atoms with E-state index >= 15 is 0 Å². The number of rotatable bonds is 8. The van der Waals surface area contributed by atoms with Gasteiger partial charge in [-0.2, -0.15) is 18.4 Å². The van der Waals surface area contributed by atoms with Gasteiger partial charge in [-0.3, -0.25) is 9.59 Å². The zero-order chi connectivity index (χ0) is 23.9. The second kappa shape index (κ2) is 10.2. The number of halogens is 4. The van der Waals surface area contributed by atoms with Crippen LogP contribution < -0.4 is 10.6 Å². The zero-order valence-corrected chi connectivity index (χ0v) is 17.1. The Bertz CT molecular complexity index is 1130. The van der Waals surface area contributed by atoms with Gasteiger partial charge in [0.25, 0.3) is 5.91 Å². The predicted octanol–water partition coefficient (Wildman–Crippen LogP) is 2.20. The molecular weight excluding hydrogens is 454 g/mol. The van der Waals surface area contributed by atoms with Crippen LogP contribution in [0.5, 0.6) is 0 Å². The monoisotopic (exact) mass is 471 g/mol. The fourth-order valence-electron chi connectivity index (χ4n) is 2.75. The number of nitrogens with zero attached hydrogens (tertiary/aromatic N) is 1. The van der Waals surface area contributed by atoms with Gasteiger partial charge in [-0.15, -0.1) is 0 Å². The topological polar surface area (TPSA) is 116 Å². The molecule has 2 aromatic carbocycles. The Morgan fingerprint density at radius 2 is 1.75 bits per heavy atom. The summed E-state index contributed by atoms with van der Waals surface area (Å²) in [6.07, 6.45) is -5.00. The quantitative estimate of drug-likeness (QED) is 0.452. The Kier molecular flexibility index (Phi) is 7.93. The van der Waals surface area contributed by atoms with Gasteiger partial charge in [-0.25, -0.2) is 12.8 Å². The molecule has 0 radical (unpaired) electrons. The predicted molar refractivity (Wildman–Crippen MR) is 105 cm³/mol. The van der Waals surface area contributed by atoms with Gasteiger partial charge < -0.3 is 10.6 Å². The number of nitriles is 1. The Labute approximate surface area is 181 Å². The lowest BCUT2D eigenvalue weighted by molar-refractivity contribution is -0.138. The van der Waals surface area contributed by atoms with Crippen molar-refractivity contribution in [1.82, 2.24) is 10.6 Å². The highest BCUT2D eigenvalue weighted by molar-refractivity contribution is 7.90. The van der Waals surface area contributed by atoms with Crippen molar-refractivity contribution in [1.29, 1.82) is 5.26 Å². The van der Waals surface area contributed by atoms with Gasteiger partial charge in [0.2, 0.25) is 5.91 Å². The number of benzene rings is 2. The molecular formula is C20H17F4N3O4S. The third kappa shape index (κ3) is 7.05. The fourth-order valence-corrected chi connectivity index (χ4v) is 4.34. The molecule has 2 rings (SSSR count). The number of sulfone groups is 1. The standard InChI is InChI=1S/C20H17F4N3O4S/c21-15-7-6-14(16(10-15)20(22,23)24)11-32(30,31)12-17(19(29)26-9-8-25)27-18(28)13-4-2-1-3-5-13/h1-7,10,17H,9,11-12H2,(H,26,29)(H,27,28)/t17-/m0/s1. The molecule has 0 aliphatic rings. The van der Waals surface area contributed by atoms with E-state index in [9.17, 15) is 35.6 Å². The van der Waals surface area contributed by atoms with E-state index in [-0.39, 0.29) is 11.6 Å². The lowest BCUT2D eigenvalue weighted by atomic mass is 10.1. The minimum Gasteiger partial charge on any atom is -0.341 e. The van der Waals surface area contributed by atoms with Crippen LogP contribution in [0.3, 0.4) is 0 Å². The Hall–Kier alpha value is -3.46. The SMILES string of the molecule is N#CCNC(=O)[C@H](CS(=O)(=O)Cc1ccc(F)cc1C(F)(F)F)NC(=O)c1ccccc1. The van der Waals surface area contributed by atoms with Gasteiger partial charge in [0.15, 0.2) is 9.84 Å². The van der Waals surface area contributed by atoms with Crippen LogP contribution in [0.15, 0.2) is 48.5 Å². The van der Waals surface area contributed by atoms with Gasteiger partial charge in [0.1, 0.15) is 18.4 Å². The molecule has 0 bridgehead atoms. The minimum absolute atomic E-state index is 0.112. The lowest BCUT2D eigenvalue weighted by Gasteiger charge is -2.19. The van der Waals surface area contributed by atoms with Gasteiger partial charge >= 0.3 is 6.18 Å². The molecule has 2 aromatic rings. The summed E-state index contributed by atoms with van der Waals surface area (Å²) in [5.41, 5.74) is -2.05. The third-order valence-corrected chi connectivity index (χ3v) is 5.76. The smallest absolute Gasteiger partial charge is 0.341 e. The second-order valence-electron chi connectivity index (χ2n) is 6.62. The van der Waals surface area contributed by atoms with Crippen molar-refractivity contribution in [3.63, 3.8) is 0 Å². The van der Waals surface area contributed by atoms with Crippen molar-refractivity contribution in [2.24, 2.45) is 0 Å². The van der Waals surface area contributed by atoms with E-state index in [2.05, 4.69) is 10.6 Å². The molecule has 0 saturated heterocycles. The first-order chi connectivity index (χ1) is 14.9. The van der Waals surface area contributed by atoms with Crippen molar-refractivity contribution < 1.29 is 35.6 Å². The van der Waals surface area contributed by atoms with Gasteiger partial charge in [0.05, 0.1) is 23.1 Å². The van der Waals surface area contributed by atoms with Crippen molar-refractivity contribution in [2.45, 2.75) is 18.0 Å². The fraction of sp³-hybridized carbons (Fsp3) is 0.250. The van der Waals surface area contributed by atoms with Crippen molar-refractivity contribution >= 4 is 21.7 Å². The van der Waals surface area contributed by atoms with Crippen LogP contribution in [0.1, 0.15) is 21.5 Å². The van der Waals surface area contributed by atoms with Gasteiger partial charge in [0, 0.05) is 5.56 Å². The molecule has 1 atom stereocenters. The number of alkyl halides is 3. The van der Waals surface area contributed by atoms with Crippen molar-refractivity contribution in [3.05, 3.63) is 71.0 Å². The summed E-state index contributed by atoms with van der Waals surface area (Å²) in [5.74, 6) is -5.18. The average molecular weight is 471 g/mol. The van der Waals surface area contributed by atoms with E-state index in [1.807, 2.05) is 0 Å². The Morgan fingerprint density at radius 1 is 1.09 bits per heavy atom. The molecule has 0 heterocycles. The average Bonchev–Trinajstić information content (AvgIpc) is 2.72. The molecule has 7 nitrogen and oxygen atoms in total. The van der Waals surface area contributed by atoms with Crippen molar-refractivity contribution in [2.75, 3.05) is 12.3 Å². The first-order valence-corrected chi connectivity index (χ1v) is 10.8.